The molecular formula is C17H25ClN2O2. The van der Waals surface area contributed by atoms with Crippen LogP contribution in [-0.4, -0.2) is 37.0 Å². The highest BCUT2D eigenvalue weighted by Gasteiger charge is 2.27. The fourth-order valence-corrected chi connectivity index (χ4v) is 3.25. The molecule has 22 heavy (non-hydrogen) atoms. The van der Waals surface area contributed by atoms with E-state index in [0.717, 1.165) is 31.6 Å². The van der Waals surface area contributed by atoms with Gasteiger partial charge in [0.1, 0.15) is 5.75 Å². The number of halogens is 1. The molecule has 1 aromatic rings. The third kappa shape index (κ3) is 4.14. The molecule has 2 atom stereocenters. The molecule has 0 bridgehead atoms. The van der Waals surface area contributed by atoms with Crippen molar-refractivity contribution in [1.29, 1.82) is 0 Å². The number of hydrogen-bond acceptors (Lipinski definition) is 3. The maximum atomic E-state index is 11.8. The molecule has 1 heterocycles. The quantitative estimate of drug-likeness (QED) is 0.905. The van der Waals surface area contributed by atoms with Crippen molar-refractivity contribution in [2.24, 2.45) is 5.92 Å². The predicted octanol–water partition coefficient (Wildman–Crippen LogP) is 3.09. The number of rotatable bonds is 5. The molecule has 1 aromatic carbocycles. The molecule has 0 unspecified atom stereocenters. The molecule has 1 aliphatic heterocycles. The average Bonchev–Trinajstić information content (AvgIpc) is 2.53. The van der Waals surface area contributed by atoms with E-state index >= 15 is 0 Å². The summed E-state index contributed by atoms with van der Waals surface area (Å²) in [4.78, 5) is 13.8. The van der Waals surface area contributed by atoms with Crippen molar-refractivity contribution in [3.8, 4) is 5.75 Å². The molecule has 2 rings (SSSR count). The summed E-state index contributed by atoms with van der Waals surface area (Å²) in [7, 11) is 1.62. The first-order valence-corrected chi connectivity index (χ1v) is 8.26. The second-order valence-electron chi connectivity index (χ2n) is 5.92. The second kappa shape index (κ2) is 7.84. The van der Waals surface area contributed by atoms with Crippen molar-refractivity contribution < 1.29 is 9.53 Å². The van der Waals surface area contributed by atoms with Crippen molar-refractivity contribution >= 4 is 17.5 Å². The van der Waals surface area contributed by atoms with Crippen molar-refractivity contribution in [1.82, 2.24) is 10.2 Å². The van der Waals surface area contributed by atoms with E-state index in [1.807, 2.05) is 30.0 Å². The number of benzene rings is 1. The standard InChI is InChI=1S/C17H25ClN2O2/c1-4-17(21)20-8-7-15(12(2)11-20)19-10-13-5-6-16(22-3)14(18)9-13/h5-6,9,12,15,19H,4,7-8,10-11H2,1-3H3/t12-,15-/m1/s1. The van der Waals surface area contributed by atoms with Crippen LogP contribution in [0, 0.1) is 5.92 Å². The molecule has 0 aromatic heterocycles. The Balaban J connectivity index is 1.87. The van der Waals surface area contributed by atoms with E-state index < -0.39 is 0 Å². The summed E-state index contributed by atoms with van der Waals surface area (Å²) >= 11 is 6.15. The van der Waals surface area contributed by atoms with E-state index in [9.17, 15) is 4.79 Å². The van der Waals surface area contributed by atoms with Crippen molar-refractivity contribution in [2.45, 2.75) is 39.3 Å². The topological polar surface area (TPSA) is 41.6 Å². The van der Waals surface area contributed by atoms with Gasteiger partial charge in [0.2, 0.25) is 5.91 Å². The molecule has 0 radical (unpaired) electrons. The predicted molar refractivity (Wildman–Crippen MR) is 89.3 cm³/mol. The van der Waals surface area contributed by atoms with Gasteiger partial charge in [0, 0.05) is 32.1 Å². The van der Waals surface area contributed by atoms with Gasteiger partial charge in [-0.1, -0.05) is 31.5 Å². The lowest BCUT2D eigenvalue weighted by atomic mass is 9.93. The maximum absolute atomic E-state index is 11.8. The van der Waals surface area contributed by atoms with Crippen LogP contribution in [0.1, 0.15) is 32.3 Å². The highest BCUT2D eigenvalue weighted by atomic mass is 35.5. The van der Waals surface area contributed by atoms with Crippen LogP contribution in [0.4, 0.5) is 0 Å². The number of likely N-dealkylation sites (tertiary alicyclic amines) is 1. The Morgan fingerprint density at radius 3 is 2.86 bits per heavy atom. The van der Waals surface area contributed by atoms with Gasteiger partial charge in [-0.2, -0.15) is 0 Å². The van der Waals surface area contributed by atoms with Crippen molar-refractivity contribution in [3.05, 3.63) is 28.8 Å². The Bertz CT molecular complexity index is 521. The average molecular weight is 325 g/mol. The van der Waals surface area contributed by atoms with Gasteiger partial charge < -0.3 is 15.0 Å². The number of nitrogens with zero attached hydrogens (tertiary/aromatic N) is 1. The summed E-state index contributed by atoms with van der Waals surface area (Å²) in [5, 5.41) is 4.23. The number of ether oxygens (including phenoxy) is 1. The Morgan fingerprint density at radius 1 is 1.50 bits per heavy atom. The van der Waals surface area contributed by atoms with Crippen LogP contribution in [0.5, 0.6) is 5.75 Å². The summed E-state index contributed by atoms with van der Waals surface area (Å²) in [6, 6.07) is 6.29. The largest absolute Gasteiger partial charge is 0.495 e. The maximum Gasteiger partial charge on any atom is 0.222 e. The monoisotopic (exact) mass is 324 g/mol. The number of nitrogens with one attached hydrogen (secondary N) is 1. The lowest BCUT2D eigenvalue weighted by molar-refractivity contribution is -0.132. The van der Waals surface area contributed by atoms with E-state index in [1.54, 1.807) is 7.11 Å². The minimum absolute atomic E-state index is 0.257. The Morgan fingerprint density at radius 2 is 2.27 bits per heavy atom. The highest BCUT2D eigenvalue weighted by Crippen LogP contribution is 2.25. The summed E-state index contributed by atoms with van der Waals surface area (Å²) in [6.45, 7) is 6.59. The lowest BCUT2D eigenvalue weighted by Gasteiger charge is -2.37. The fraction of sp³-hybridized carbons (Fsp3) is 0.588. The van der Waals surface area contributed by atoms with E-state index in [-0.39, 0.29) is 5.91 Å². The third-order valence-corrected chi connectivity index (χ3v) is 4.64. The number of methoxy groups -OCH3 is 1. The Labute approximate surface area is 137 Å². The highest BCUT2D eigenvalue weighted by molar-refractivity contribution is 6.32. The summed E-state index contributed by atoms with van der Waals surface area (Å²) in [5.74, 6) is 1.41. The first kappa shape index (κ1) is 17.1. The van der Waals surface area contributed by atoms with Gasteiger partial charge >= 0.3 is 0 Å². The van der Waals surface area contributed by atoms with Crippen molar-refractivity contribution in [3.63, 3.8) is 0 Å². The molecule has 5 heteroatoms. The number of carbonyl (C=O) groups is 1. The molecule has 0 saturated carbocycles. The van der Waals surface area contributed by atoms with E-state index in [1.165, 1.54) is 0 Å². The Kier molecular flexibility index (Phi) is 6.09. The van der Waals surface area contributed by atoms with Crippen LogP contribution in [-0.2, 0) is 11.3 Å². The van der Waals surface area contributed by atoms with Crippen LogP contribution in [0.25, 0.3) is 0 Å². The molecule has 0 spiro atoms. The molecule has 0 aliphatic carbocycles. The second-order valence-corrected chi connectivity index (χ2v) is 6.32. The zero-order valence-electron chi connectivity index (χ0n) is 13.6. The van der Waals surface area contributed by atoms with Crippen LogP contribution in [0.3, 0.4) is 0 Å². The minimum Gasteiger partial charge on any atom is -0.495 e. The van der Waals surface area contributed by atoms with Gasteiger partial charge in [0.15, 0.2) is 0 Å². The van der Waals surface area contributed by atoms with Gasteiger partial charge in [-0.05, 0) is 30.0 Å². The summed E-state index contributed by atoms with van der Waals surface area (Å²) < 4.78 is 5.17. The first-order valence-electron chi connectivity index (χ1n) is 7.88. The third-order valence-electron chi connectivity index (χ3n) is 4.35. The van der Waals surface area contributed by atoms with Gasteiger partial charge in [-0.3, -0.25) is 4.79 Å². The van der Waals surface area contributed by atoms with E-state index in [2.05, 4.69) is 12.2 Å². The van der Waals surface area contributed by atoms with Gasteiger partial charge in [0.25, 0.3) is 0 Å². The van der Waals surface area contributed by atoms with Crippen LogP contribution >= 0.6 is 11.6 Å². The summed E-state index contributed by atoms with van der Waals surface area (Å²) in [5.41, 5.74) is 1.14. The number of hydrogen-bond donors (Lipinski definition) is 1. The number of amides is 1. The molecule has 1 N–H and O–H groups in total. The minimum atomic E-state index is 0.257. The summed E-state index contributed by atoms with van der Waals surface area (Å²) in [6.07, 6.45) is 1.59. The van der Waals surface area contributed by atoms with Gasteiger partial charge in [0.05, 0.1) is 12.1 Å². The van der Waals surface area contributed by atoms with Gasteiger partial charge in [-0.15, -0.1) is 0 Å². The lowest BCUT2D eigenvalue weighted by Crippen LogP contribution is -2.49. The molecule has 4 nitrogen and oxygen atoms in total. The molecule has 1 fully saturated rings. The van der Waals surface area contributed by atoms with Crippen LogP contribution in [0.15, 0.2) is 18.2 Å². The molecule has 1 amide bonds. The zero-order chi connectivity index (χ0) is 16.1. The molecular weight excluding hydrogens is 300 g/mol. The molecule has 122 valence electrons. The van der Waals surface area contributed by atoms with Gasteiger partial charge in [-0.25, -0.2) is 0 Å². The van der Waals surface area contributed by atoms with Crippen molar-refractivity contribution in [2.75, 3.05) is 20.2 Å². The van der Waals surface area contributed by atoms with E-state index in [0.29, 0.717) is 29.2 Å². The fourth-order valence-electron chi connectivity index (χ4n) is 2.97. The smallest absolute Gasteiger partial charge is 0.222 e. The zero-order valence-corrected chi connectivity index (χ0v) is 14.3. The van der Waals surface area contributed by atoms with Crippen LogP contribution in [0.2, 0.25) is 5.02 Å². The number of piperidine rings is 1. The molecule has 1 saturated heterocycles. The number of carbonyl (C=O) groups excluding carboxylic acids is 1. The molecule has 1 aliphatic rings. The first-order chi connectivity index (χ1) is 10.5. The van der Waals surface area contributed by atoms with E-state index in [4.69, 9.17) is 16.3 Å². The normalized spacial score (nSPS) is 21.7. The SMILES string of the molecule is CCC(=O)N1CC[C@@H](NCc2ccc(OC)c(Cl)c2)[C@H](C)C1. The van der Waals surface area contributed by atoms with Crippen LogP contribution < -0.4 is 10.1 Å². The Hall–Kier alpha value is -1.26.